The van der Waals surface area contributed by atoms with E-state index in [-0.39, 0.29) is 22.3 Å². The van der Waals surface area contributed by atoms with Gasteiger partial charge in [0.25, 0.3) is 22.9 Å². The monoisotopic (exact) mass is 463 g/mol. The van der Waals surface area contributed by atoms with Gasteiger partial charge >= 0.3 is 5.97 Å². The molecule has 0 aliphatic rings. The van der Waals surface area contributed by atoms with Crippen LogP contribution < -0.4 is 10.9 Å². The average molecular weight is 463 g/mol. The maximum absolute atomic E-state index is 13.0. The number of nitrogens with zero attached hydrogens (tertiary/aromatic N) is 3. The number of Topliss-reactive ketones (excluding diaryl/α,β-unsaturated/α-hetero) is 2. The molecule has 0 spiro atoms. The van der Waals surface area contributed by atoms with Crippen molar-refractivity contribution in [1.29, 1.82) is 5.26 Å². The number of para-hydroxylation sites is 2. The number of amides is 1. The van der Waals surface area contributed by atoms with Gasteiger partial charge in [0, 0.05) is 12.1 Å². The maximum Gasteiger partial charge on any atom is 0.375 e. The minimum Gasteiger partial charge on any atom is -0.463 e. The molecule has 2 N–H and O–H groups in total. The molecule has 0 bridgehead atoms. The van der Waals surface area contributed by atoms with Crippen LogP contribution in [0.2, 0.25) is 0 Å². The van der Waals surface area contributed by atoms with Crippen molar-refractivity contribution in [3.63, 3.8) is 0 Å². The van der Waals surface area contributed by atoms with E-state index in [2.05, 4.69) is 14.7 Å². The fourth-order valence-corrected chi connectivity index (χ4v) is 2.99. The Bertz CT molecular complexity index is 1470. The van der Waals surface area contributed by atoms with Crippen molar-refractivity contribution < 1.29 is 28.8 Å². The molecule has 0 fully saturated rings. The van der Waals surface area contributed by atoms with Crippen molar-refractivity contribution in [2.24, 2.45) is 0 Å². The van der Waals surface area contributed by atoms with Gasteiger partial charge in [0.05, 0.1) is 34.3 Å². The van der Waals surface area contributed by atoms with Crippen molar-refractivity contribution in [2.45, 2.75) is 5.92 Å². The SMILES string of the molecule is COC(=O)C(=O)[C@H](C(=O)C(=O)Nc1cc([N+](=O)[O-])ccc1C#N)c1nc2ccccc2[nH]c1=O. The second-order valence-corrected chi connectivity index (χ2v) is 6.67. The third-order valence-electron chi connectivity index (χ3n) is 4.62. The normalized spacial score (nSPS) is 11.2. The van der Waals surface area contributed by atoms with E-state index in [4.69, 9.17) is 0 Å². The lowest BCUT2D eigenvalue weighted by atomic mass is 9.94. The number of fused-ring (bicyclic) bond motifs is 1. The van der Waals surface area contributed by atoms with Crippen LogP contribution in [0.5, 0.6) is 0 Å². The van der Waals surface area contributed by atoms with E-state index in [1.807, 2.05) is 5.32 Å². The summed E-state index contributed by atoms with van der Waals surface area (Å²) in [5.74, 6) is -8.40. The molecule has 170 valence electrons. The summed E-state index contributed by atoms with van der Waals surface area (Å²) in [6.45, 7) is 0. The van der Waals surface area contributed by atoms with E-state index in [1.165, 1.54) is 12.1 Å². The number of rotatable bonds is 7. The molecule has 1 atom stereocenters. The van der Waals surface area contributed by atoms with Crippen LogP contribution in [0.1, 0.15) is 17.2 Å². The van der Waals surface area contributed by atoms with Crippen molar-refractivity contribution >= 4 is 45.9 Å². The highest BCUT2D eigenvalue weighted by Crippen LogP contribution is 2.23. The van der Waals surface area contributed by atoms with Crippen LogP contribution in [-0.4, -0.2) is 45.4 Å². The van der Waals surface area contributed by atoms with Gasteiger partial charge in [0.1, 0.15) is 17.7 Å². The summed E-state index contributed by atoms with van der Waals surface area (Å²) in [6, 6.07) is 10.7. The van der Waals surface area contributed by atoms with Crippen LogP contribution in [0.4, 0.5) is 11.4 Å². The summed E-state index contributed by atoms with van der Waals surface area (Å²) < 4.78 is 4.34. The number of nitrogens with one attached hydrogen (secondary N) is 2. The Balaban J connectivity index is 2.07. The average Bonchev–Trinajstić information content (AvgIpc) is 2.83. The molecule has 3 rings (SSSR count). The fraction of sp³-hybridized carbons (Fsp3) is 0.0952. The van der Waals surface area contributed by atoms with Gasteiger partial charge in [-0.3, -0.25) is 29.3 Å². The molecule has 0 unspecified atom stereocenters. The topological polar surface area (TPSA) is 202 Å². The number of anilines is 1. The summed E-state index contributed by atoms with van der Waals surface area (Å²) in [5, 5.41) is 22.2. The number of nitriles is 1. The molecule has 0 saturated heterocycles. The largest absolute Gasteiger partial charge is 0.463 e. The number of hydrogen-bond acceptors (Lipinski definition) is 10. The molecule has 0 aliphatic heterocycles. The molecule has 34 heavy (non-hydrogen) atoms. The first kappa shape index (κ1) is 23.4. The number of hydrogen-bond donors (Lipinski definition) is 2. The van der Waals surface area contributed by atoms with Crippen molar-refractivity contribution in [3.8, 4) is 6.07 Å². The lowest BCUT2D eigenvalue weighted by Gasteiger charge is -2.13. The summed E-state index contributed by atoms with van der Waals surface area (Å²) >= 11 is 0. The molecule has 0 aliphatic carbocycles. The Labute approximate surface area is 189 Å². The molecule has 13 heteroatoms. The number of aromatic nitrogens is 2. The number of nitro benzene ring substituents is 1. The molecular weight excluding hydrogens is 450 g/mol. The zero-order valence-corrected chi connectivity index (χ0v) is 17.2. The molecule has 1 aromatic heterocycles. The van der Waals surface area contributed by atoms with Gasteiger partial charge in [-0.15, -0.1) is 0 Å². The van der Waals surface area contributed by atoms with Crippen LogP contribution >= 0.6 is 0 Å². The minimum absolute atomic E-state index is 0.165. The molecule has 3 aromatic rings. The second-order valence-electron chi connectivity index (χ2n) is 6.67. The van der Waals surface area contributed by atoms with E-state index >= 15 is 0 Å². The Kier molecular flexibility index (Phi) is 6.53. The van der Waals surface area contributed by atoms with Gasteiger partial charge in [0.15, 0.2) is 0 Å². The predicted molar refractivity (Wildman–Crippen MR) is 114 cm³/mol. The lowest BCUT2D eigenvalue weighted by Crippen LogP contribution is -2.39. The summed E-state index contributed by atoms with van der Waals surface area (Å²) in [5.41, 5.74) is -2.39. The van der Waals surface area contributed by atoms with Crippen LogP contribution in [0.25, 0.3) is 11.0 Å². The number of methoxy groups -OCH3 is 1. The quantitative estimate of drug-likeness (QED) is 0.165. The second kappa shape index (κ2) is 9.49. The van der Waals surface area contributed by atoms with E-state index in [9.17, 15) is 39.3 Å². The summed E-state index contributed by atoms with van der Waals surface area (Å²) in [4.78, 5) is 79.3. The van der Waals surface area contributed by atoms with Crippen LogP contribution in [0, 0.1) is 21.4 Å². The molecule has 0 saturated carbocycles. The summed E-state index contributed by atoms with van der Waals surface area (Å²) in [6.07, 6.45) is 0. The number of H-pyrrole nitrogens is 1. The van der Waals surface area contributed by atoms with E-state index < -0.39 is 51.2 Å². The van der Waals surface area contributed by atoms with Crippen molar-refractivity contribution in [3.05, 3.63) is 74.2 Å². The van der Waals surface area contributed by atoms with E-state index in [0.717, 1.165) is 25.3 Å². The molecule has 1 amide bonds. The third kappa shape index (κ3) is 4.50. The number of esters is 1. The van der Waals surface area contributed by atoms with Gasteiger partial charge in [-0.1, -0.05) is 12.1 Å². The Morgan fingerprint density at radius 2 is 1.88 bits per heavy atom. The molecule has 2 aromatic carbocycles. The number of nitro groups is 1. The first-order valence-corrected chi connectivity index (χ1v) is 9.32. The number of ether oxygens (including phenoxy) is 1. The van der Waals surface area contributed by atoms with Gasteiger partial charge in [-0.05, 0) is 18.2 Å². The number of carbonyl (C=O) groups excluding carboxylic acids is 4. The highest BCUT2D eigenvalue weighted by Gasteiger charge is 2.40. The highest BCUT2D eigenvalue weighted by molar-refractivity contribution is 6.52. The van der Waals surface area contributed by atoms with Gasteiger partial charge in [-0.2, -0.15) is 5.26 Å². The van der Waals surface area contributed by atoms with Gasteiger partial charge in [-0.25, -0.2) is 9.78 Å². The zero-order valence-electron chi connectivity index (χ0n) is 17.2. The predicted octanol–water partition coefficient (Wildman–Crippen LogP) is 0.736. The lowest BCUT2D eigenvalue weighted by molar-refractivity contribution is -0.384. The fourth-order valence-electron chi connectivity index (χ4n) is 2.99. The Morgan fingerprint density at radius 1 is 1.18 bits per heavy atom. The summed E-state index contributed by atoms with van der Waals surface area (Å²) in [7, 11) is 0.863. The molecule has 0 radical (unpaired) electrons. The van der Waals surface area contributed by atoms with Gasteiger partial charge < -0.3 is 15.0 Å². The number of ketones is 2. The molecule has 13 nitrogen and oxygen atoms in total. The van der Waals surface area contributed by atoms with E-state index in [0.29, 0.717) is 0 Å². The van der Waals surface area contributed by atoms with E-state index in [1.54, 1.807) is 18.2 Å². The maximum atomic E-state index is 13.0. The van der Waals surface area contributed by atoms with Crippen molar-refractivity contribution in [1.82, 2.24) is 9.97 Å². The number of benzene rings is 2. The number of aromatic amines is 1. The Hall–Kier alpha value is -5.25. The Morgan fingerprint density at radius 3 is 2.53 bits per heavy atom. The highest BCUT2D eigenvalue weighted by atomic mass is 16.6. The van der Waals surface area contributed by atoms with Crippen LogP contribution in [0.3, 0.4) is 0 Å². The third-order valence-corrected chi connectivity index (χ3v) is 4.62. The number of non-ortho nitro benzene ring substituents is 1. The standard InChI is InChI=1S/C21H13N5O8/c1-34-21(31)18(28)15(16-19(29)24-13-5-3-2-4-12(13)23-16)17(27)20(30)25-14-8-11(26(32)33)7-6-10(14)9-22/h2-8,15H,1H3,(H,24,29)(H,25,30)/t15-/m0/s1. The first-order valence-electron chi connectivity index (χ1n) is 9.32. The van der Waals surface area contributed by atoms with Crippen LogP contribution in [0.15, 0.2) is 47.3 Å². The van der Waals surface area contributed by atoms with Crippen molar-refractivity contribution in [2.75, 3.05) is 12.4 Å². The van der Waals surface area contributed by atoms with Gasteiger partial charge in [0.2, 0.25) is 5.78 Å². The first-order chi connectivity index (χ1) is 16.2. The molecule has 1 heterocycles. The van der Waals surface area contributed by atoms with Crippen LogP contribution in [-0.2, 0) is 23.9 Å². The number of carbonyl (C=O) groups is 4. The molecular formula is C21H13N5O8. The zero-order chi connectivity index (χ0) is 25.0. The minimum atomic E-state index is -2.27. The smallest absolute Gasteiger partial charge is 0.375 e.